The molecule has 2 N–H and O–H groups in total. The van der Waals surface area contributed by atoms with Crippen LogP contribution in [-0.2, 0) is 9.16 Å². The normalized spacial score (nSPS) is 27.6. The molecule has 6 nitrogen and oxygen atoms in total. The maximum atomic E-state index is 14.5. The van der Waals surface area contributed by atoms with Crippen LogP contribution in [-0.4, -0.2) is 42.9 Å². The fourth-order valence-corrected chi connectivity index (χ4v) is 3.49. The van der Waals surface area contributed by atoms with E-state index in [0.717, 1.165) is 4.57 Å². The Kier molecular flexibility index (Phi) is 5.41. The van der Waals surface area contributed by atoms with Crippen LogP contribution in [0.3, 0.4) is 0 Å². The fraction of sp³-hybridized carbons (Fsp3) is 0.750. The lowest BCUT2D eigenvalue weighted by Gasteiger charge is -2.39. The molecular weight excluding hydrogens is 348 g/mol. The quantitative estimate of drug-likeness (QED) is 0.801. The monoisotopic (exact) mass is 375 g/mol. The summed E-state index contributed by atoms with van der Waals surface area (Å²) < 4.78 is 41.0. The molecule has 3 atom stereocenters. The lowest BCUT2D eigenvalue weighted by molar-refractivity contribution is -0.112. The van der Waals surface area contributed by atoms with Crippen LogP contribution in [0.2, 0.25) is 18.1 Å². The van der Waals surface area contributed by atoms with Gasteiger partial charge in [-0.3, -0.25) is 4.57 Å². The third-order valence-corrected chi connectivity index (χ3v) is 9.60. The molecule has 1 saturated heterocycles. The van der Waals surface area contributed by atoms with Gasteiger partial charge < -0.3 is 14.9 Å². The molecule has 2 rings (SSSR count). The van der Waals surface area contributed by atoms with E-state index in [-0.39, 0.29) is 23.9 Å². The highest BCUT2D eigenvalue weighted by Crippen LogP contribution is 2.42. The van der Waals surface area contributed by atoms with Crippen molar-refractivity contribution in [3.8, 4) is 0 Å². The van der Waals surface area contributed by atoms with Crippen molar-refractivity contribution in [2.45, 2.75) is 63.3 Å². The topological polar surface area (TPSA) is 79.4 Å². The third-order valence-electron chi connectivity index (χ3n) is 5.12. The van der Waals surface area contributed by atoms with Gasteiger partial charge in [0.05, 0.1) is 6.61 Å². The number of ether oxygens (including phenoxy) is 1. The number of rotatable bonds is 5. The van der Waals surface area contributed by atoms with Gasteiger partial charge in [0.25, 0.3) is 0 Å². The van der Waals surface area contributed by atoms with E-state index < -0.39 is 38.7 Å². The van der Waals surface area contributed by atoms with Crippen LogP contribution in [0.1, 0.15) is 33.4 Å². The summed E-state index contributed by atoms with van der Waals surface area (Å²) in [6, 6.07) is 1.37. The molecule has 0 amide bonds. The molecule has 9 heteroatoms. The van der Waals surface area contributed by atoms with Crippen molar-refractivity contribution in [3.63, 3.8) is 0 Å². The second-order valence-electron chi connectivity index (χ2n) is 8.14. The third kappa shape index (κ3) is 4.09. The van der Waals surface area contributed by atoms with Crippen LogP contribution in [0.4, 0.5) is 14.6 Å². The van der Waals surface area contributed by atoms with Gasteiger partial charge in [-0.2, -0.15) is 4.98 Å². The van der Waals surface area contributed by atoms with E-state index in [9.17, 15) is 13.6 Å². The highest BCUT2D eigenvalue weighted by molar-refractivity contribution is 6.74. The van der Waals surface area contributed by atoms with Gasteiger partial charge >= 0.3 is 5.69 Å². The molecule has 0 unspecified atom stereocenters. The molecule has 2 heterocycles. The van der Waals surface area contributed by atoms with Crippen molar-refractivity contribution in [1.29, 1.82) is 0 Å². The number of nitrogens with zero attached hydrogens (tertiary/aromatic N) is 2. The zero-order chi connectivity index (χ0) is 19.0. The highest BCUT2D eigenvalue weighted by atomic mass is 28.4. The first-order valence-corrected chi connectivity index (χ1v) is 11.2. The molecule has 25 heavy (non-hydrogen) atoms. The van der Waals surface area contributed by atoms with E-state index in [1.54, 1.807) is 0 Å². The molecule has 0 spiro atoms. The molecular formula is C16H27F2N3O3Si. The Morgan fingerprint density at radius 3 is 2.68 bits per heavy atom. The lowest BCUT2D eigenvalue weighted by Crippen LogP contribution is -2.47. The van der Waals surface area contributed by atoms with Crippen molar-refractivity contribution in [2.75, 3.05) is 19.0 Å². The van der Waals surface area contributed by atoms with Gasteiger partial charge in [-0.05, 0) is 24.2 Å². The minimum atomic E-state index is -2.14. The molecule has 0 radical (unpaired) electrons. The van der Waals surface area contributed by atoms with Gasteiger partial charge in [0.15, 0.2) is 14.5 Å². The van der Waals surface area contributed by atoms with Crippen molar-refractivity contribution >= 4 is 14.1 Å². The molecule has 142 valence electrons. The smallest absolute Gasteiger partial charge is 0.351 e. The summed E-state index contributed by atoms with van der Waals surface area (Å²) in [5.74, 6) is 0.0349. The largest absolute Gasteiger partial charge is 0.414 e. The van der Waals surface area contributed by atoms with Gasteiger partial charge in [-0.15, -0.1) is 0 Å². The summed E-state index contributed by atoms with van der Waals surface area (Å²) in [6.07, 6.45) is -1.65. The summed E-state index contributed by atoms with van der Waals surface area (Å²) in [5, 5.41) is -0.0601. The van der Waals surface area contributed by atoms with E-state index in [1.165, 1.54) is 12.3 Å². The number of nitrogens with two attached hydrogens (primary N) is 1. The summed E-state index contributed by atoms with van der Waals surface area (Å²) in [7, 11) is -2.14. The minimum Gasteiger partial charge on any atom is -0.414 e. The molecule has 1 fully saturated rings. The predicted molar refractivity (Wildman–Crippen MR) is 94.4 cm³/mol. The SMILES string of the molecule is CC(C)(C)[Si](C)(C)OC[C@]1(CF)C[C@H](F)[C@H](n2ccc(N)nc2=O)O1. The molecule has 0 aromatic carbocycles. The maximum absolute atomic E-state index is 14.5. The standard InChI is InChI=1S/C16H27F2N3O3Si/c1-15(2,3)25(4,5)23-10-16(9-17)8-11(18)13(24-16)21-7-6-12(19)20-14(21)22/h6-7,11,13H,8-10H2,1-5H3,(H2,19,20,22)/t11-,13+,16+/m0/s1. The number of hydrogen-bond donors (Lipinski definition) is 1. The summed E-state index contributed by atoms with van der Waals surface area (Å²) in [4.78, 5) is 15.5. The zero-order valence-corrected chi connectivity index (χ0v) is 16.4. The molecule has 1 aromatic rings. The zero-order valence-electron chi connectivity index (χ0n) is 15.4. The van der Waals surface area contributed by atoms with Crippen LogP contribution < -0.4 is 11.4 Å². The van der Waals surface area contributed by atoms with Crippen molar-refractivity contribution < 1.29 is 17.9 Å². The second kappa shape index (κ2) is 6.77. The van der Waals surface area contributed by atoms with E-state index in [4.69, 9.17) is 14.9 Å². The first-order chi connectivity index (χ1) is 11.4. The number of anilines is 1. The second-order valence-corrected chi connectivity index (χ2v) is 12.9. The molecule has 1 aliphatic rings. The first-order valence-electron chi connectivity index (χ1n) is 8.27. The molecule has 1 aliphatic heterocycles. The molecule has 0 bridgehead atoms. The van der Waals surface area contributed by atoms with Crippen LogP contribution in [0.25, 0.3) is 0 Å². The average molecular weight is 375 g/mol. The van der Waals surface area contributed by atoms with E-state index in [2.05, 4.69) is 25.8 Å². The lowest BCUT2D eigenvalue weighted by atomic mass is 10.0. The Hall–Kier alpha value is -1.32. The molecule has 0 aliphatic carbocycles. The Morgan fingerprint density at radius 1 is 1.52 bits per heavy atom. The summed E-state index contributed by atoms with van der Waals surface area (Å²) in [5.41, 5.74) is 3.31. The fourth-order valence-electron chi connectivity index (χ4n) is 2.43. The van der Waals surface area contributed by atoms with Crippen molar-refractivity contribution in [2.24, 2.45) is 0 Å². The van der Waals surface area contributed by atoms with Crippen LogP contribution >= 0.6 is 0 Å². The predicted octanol–water partition coefficient (Wildman–Crippen LogP) is 2.81. The number of alkyl halides is 2. The Labute approximate surface area is 147 Å². The van der Waals surface area contributed by atoms with Crippen LogP contribution in [0.5, 0.6) is 0 Å². The van der Waals surface area contributed by atoms with E-state index in [0.29, 0.717) is 0 Å². The molecule has 1 aromatic heterocycles. The van der Waals surface area contributed by atoms with Gasteiger partial charge in [0, 0.05) is 12.6 Å². The number of hydrogen-bond acceptors (Lipinski definition) is 5. The molecule has 0 saturated carbocycles. The summed E-state index contributed by atoms with van der Waals surface area (Å²) >= 11 is 0. The maximum Gasteiger partial charge on any atom is 0.351 e. The summed E-state index contributed by atoms with van der Waals surface area (Å²) in [6.45, 7) is 9.33. The van der Waals surface area contributed by atoms with Gasteiger partial charge in [0.2, 0.25) is 0 Å². The Morgan fingerprint density at radius 2 is 2.16 bits per heavy atom. The number of nitrogen functional groups attached to an aromatic ring is 1. The van der Waals surface area contributed by atoms with Crippen molar-refractivity contribution in [3.05, 3.63) is 22.7 Å². The van der Waals surface area contributed by atoms with Gasteiger partial charge in [-0.1, -0.05) is 20.8 Å². The Balaban J connectivity index is 2.19. The number of aromatic nitrogens is 2. The minimum absolute atomic E-state index is 0.0349. The van der Waals surface area contributed by atoms with E-state index in [1.807, 2.05) is 13.1 Å². The first kappa shape index (κ1) is 20.0. The van der Waals surface area contributed by atoms with Crippen molar-refractivity contribution in [1.82, 2.24) is 9.55 Å². The van der Waals surface area contributed by atoms with Gasteiger partial charge in [-0.25, -0.2) is 13.6 Å². The van der Waals surface area contributed by atoms with E-state index >= 15 is 0 Å². The highest BCUT2D eigenvalue weighted by Gasteiger charge is 2.50. The number of halogens is 2. The van der Waals surface area contributed by atoms with Crippen LogP contribution in [0, 0.1) is 0 Å². The van der Waals surface area contributed by atoms with Gasteiger partial charge in [0.1, 0.15) is 24.3 Å². The Bertz CT molecular complexity index is 677. The van der Waals surface area contributed by atoms with Crippen LogP contribution in [0.15, 0.2) is 17.1 Å². The average Bonchev–Trinajstić information content (AvgIpc) is 2.82.